The maximum Gasteiger partial charge on any atom is 0.322 e. The monoisotopic (exact) mass is 369 g/mol. The number of nitrogens with one attached hydrogen (secondary N) is 1. The summed E-state index contributed by atoms with van der Waals surface area (Å²) in [6.07, 6.45) is 0.736. The first-order chi connectivity index (χ1) is 13.0. The maximum absolute atomic E-state index is 12.7. The van der Waals surface area contributed by atoms with E-state index in [1.807, 2.05) is 50.1 Å². The highest BCUT2D eigenvalue weighted by molar-refractivity contribution is 5.89. The van der Waals surface area contributed by atoms with E-state index in [0.717, 1.165) is 47.3 Å². The number of anilines is 2. The van der Waals surface area contributed by atoms with Gasteiger partial charge in [0, 0.05) is 37.8 Å². The van der Waals surface area contributed by atoms with Gasteiger partial charge in [0.1, 0.15) is 17.4 Å². The van der Waals surface area contributed by atoms with Crippen LogP contribution in [-0.2, 0) is 13.0 Å². The van der Waals surface area contributed by atoms with Crippen LogP contribution in [0.25, 0.3) is 0 Å². The van der Waals surface area contributed by atoms with Gasteiger partial charge in [0.05, 0.1) is 18.8 Å². The van der Waals surface area contributed by atoms with Crippen molar-refractivity contribution in [3.05, 3.63) is 41.3 Å². The van der Waals surface area contributed by atoms with E-state index in [1.165, 1.54) is 0 Å². The van der Waals surface area contributed by atoms with Crippen LogP contribution < -0.4 is 15.0 Å². The average Bonchev–Trinajstić information content (AvgIpc) is 2.68. The zero-order valence-electron chi connectivity index (χ0n) is 16.5. The van der Waals surface area contributed by atoms with Crippen molar-refractivity contribution in [1.29, 1.82) is 0 Å². The molecule has 7 nitrogen and oxygen atoms in total. The summed E-state index contributed by atoms with van der Waals surface area (Å²) in [7, 11) is 2.01. The van der Waals surface area contributed by atoms with Crippen LogP contribution in [0.1, 0.15) is 30.9 Å². The van der Waals surface area contributed by atoms with Crippen molar-refractivity contribution in [3.8, 4) is 5.75 Å². The summed E-state index contributed by atoms with van der Waals surface area (Å²) in [5.74, 6) is 2.48. The summed E-state index contributed by atoms with van der Waals surface area (Å²) in [5, 5.41) is 2.96. The van der Waals surface area contributed by atoms with Gasteiger partial charge in [0.15, 0.2) is 0 Å². The molecule has 2 aromatic rings. The Morgan fingerprint density at radius 2 is 2.00 bits per heavy atom. The highest BCUT2D eigenvalue weighted by Gasteiger charge is 2.26. The van der Waals surface area contributed by atoms with Crippen LogP contribution in [0.15, 0.2) is 24.3 Å². The van der Waals surface area contributed by atoms with Crippen molar-refractivity contribution < 1.29 is 9.53 Å². The van der Waals surface area contributed by atoms with Crippen LogP contribution >= 0.6 is 0 Å². The lowest BCUT2D eigenvalue weighted by atomic mass is 10.1. The fraction of sp³-hybridized carbons (Fsp3) is 0.450. The second kappa shape index (κ2) is 8.24. The van der Waals surface area contributed by atoms with Crippen molar-refractivity contribution in [2.45, 2.75) is 33.7 Å². The number of amides is 2. The molecule has 0 unspecified atom stereocenters. The van der Waals surface area contributed by atoms with Crippen LogP contribution in [0.2, 0.25) is 0 Å². The Bertz CT molecular complexity index is 807. The van der Waals surface area contributed by atoms with Crippen LogP contribution in [0.5, 0.6) is 5.75 Å². The molecule has 0 saturated carbocycles. The van der Waals surface area contributed by atoms with Gasteiger partial charge < -0.3 is 19.9 Å². The van der Waals surface area contributed by atoms with E-state index < -0.39 is 0 Å². The number of urea groups is 1. The molecule has 144 valence electrons. The Labute approximate surface area is 160 Å². The van der Waals surface area contributed by atoms with Gasteiger partial charge in [-0.05, 0) is 45.0 Å². The molecule has 1 aromatic heterocycles. The molecule has 2 heterocycles. The molecule has 0 bridgehead atoms. The number of rotatable bonds is 5. The fourth-order valence-electron chi connectivity index (χ4n) is 3.16. The minimum Gasteiger partial charge on any atom is -0.494 e. The van der Waals surface area contributed by atoms with E-state index >= 15 is 0 Å². The smallest absolute Gasteiger partial charge is 0.322 e. The van der Waals surface area contributed by atoms with Crippen LogP contribution in [0.4, 0.5) is 16.3 Å². The third-order valence-electron chi connectivity index (χ3n) is 4.69. The highest BCUT2D eigenvalue weighted by Crippen LogP contribution is 2.26. The predicted molar refractivity (Wildman–Crippen MR) is 106 cm³/mol. The number of aromatic nitrogens is 2. The van der Waals surface area contributed by atoms with Gasteiger partial charge in [0.2, 0.25) is 0 Å². The molecule has 3 rings (SSSR count). The minimum atomic E-state index is -0.115. The Morgan fingerprint density at radius 1 is 1.26 bits per heavy atom. The second-order valence-corrected chi connectivity index (χ2v) is 6.59. The summed E-state index contributed by atoms with van der Waals surface area (Å²) in [6, 6.07) is 7.30. The largest absolute Gasteiger partial charge is 0.494 e. The molecule has 1 aliphatic heterocycles. The van der Waals surface area contributed by atoms with Crippen molar-refractivity contribution in [2.75, 3.05) is 37.0 Å². The van der Waals surface area contributed by atoms with Crippen molar-refractivity contribution in [2.24, 2.45) is 0 Å². The van der Waals surface area contributed by atoms with Gasteiger partial charge in [-0.15, -0.1) is 0 Å². The standard InChI is InChI=1S/C20H27N5O2/c1-5-24(4)19-17-13-25(12-11-18(17)21-14(3)22-19)20(26)23-15-7-9-16(10-8-15)27-6-2/h7-10H,5-6,11-13H2,1-4H3,(H,23,26). The first-order valence-electron chi connectivity index (χ1n) is 9.38. The zero-order chi connectivity index (χ0) is 19.4. The third-order valence-corrected chi connectivity index (χ3v) is 4.69. The molecule has 1 N–H and O–H groups in total. The molecule has 7 heteroatoms. The molecule has 0 spiro atoms. The van der Waals surface area contributed by atoms with Gasteiger partial charge in [0.25, 0.3) is 0 Å². The molecule has 0 radical (unpaired) electrons. The average molecular weight is 369 g/mol. The van der Waals surface area contributed by atoms with E-state index in [-0.39, 0.29) is 6.03 Å². The summed E-state index contributed by atoms with van der Waals surface area (Å²) >= 11 is 0. The van der Waals surface area contributed by atoms with Crippen molar-refractivity contribution >= 4 is 17.5 Å². The number of carbonyl (C=O) groups is 1. The number of carbonyl (C=O) groups excluding carboxylic acids is 1. The number of nitrogens with zero attached hydrogens (tertiary/aromatic N) is 4. The first-order valence-corrected chi connectivity index (χ1v) is 9.38. The van der Waals surface area contributed by atoms with E-state index in [9.17, 15) is 4.79 Å². The quantitative estimate of drug-likeness (QED) is 0.876. The molecule has 27 heavy (non-hydrogen) atoms. The van der Waals surface area contributed by atoms with Gasteiger partial charge in [-0.2, -0.15) is 0 Å². The maximum atomic E-state index is 12.7. The van der Waals surface area contributed by atoms with E-state index in [2.05, 4.69) is 27.1 Å². The molecular formula is C20H27N5O2. The number of fused-ring (bicyclic) bond motifs is 1. The van der Waals surface area contributed by atoms with Gasteiger partial charge in [-0.25, -0.2) is 14.8 Å². The number of hydrogen-bond donors (Lipinski definition) is 1. The molecule has 2 amide bonds. The predicted octanol–water partition coefficient (Wildman–Crippen LogP) is 3.23. The summed E-state index contributed by atoms with van der Waals surface area (Å²) < 4.78 is 5.44. The van der Waals surface area contributed by atoms with Gasteiger partial charge in [-0.1, -0.05) is 0 Å². The lowest BCUT2D eigenvalue weighted by molar-refractivity contribution is 0.206. The second-order valence-electron chi connectivity index (χ2n) is 6.59. The number of benzene rings is 1. The Kier molecular flexibility index (Phi) is 5.78. The molecule has 0 atom stereocenters. The summed E-state index contributed by atoms with van der Waals surface area (Å²) in [5.41, 5.74) is 2.83. The van der Waals surface area contributed by atoms with Gasteiger partial charge in [-0.3, -0.25) is 0 Å². The minimum absolute atomic E-state index is 0.115. The van der Waals surface area contributed by atoms with Crippen LogP contribution in [-0.4, -0.2) is 47.6 Å². The number of ether oxygens (including phenoxy) is 1. The molecule has 1 aliphatic rings. The van der Waals surface area contributed by atoms with Crippen LogP contribution in [0, 0.1) is 6.92 Å². The molecule has 0 fully saturated rings. The van der Waals surface area contributed by atoms with Gasteiger partial charge >= 0.3 is 6.03 Å². The normalized spacial score (nSPS) is 13.1. The fourth-order valence-corrected chi connectivity index (χ4v) is 3.16. The van der Waals surface area contributed by atoms with E-state index in [1.54, 1.807) is 0 Å². The lowest BCUT2D eigenvalue weighted by Crippen LogP contribution is -2.40. The van der Waals surface area contributed by atoms with Crippen molar-refractivity contribution in [3.63, 3.8) is 0 Å². The topological polar surface area (TPSA) is 70.6 Å². The third kappa shape index (κ3) is 4.30. The zero-order valence-corrected chi connectivity index (χ0v) is 16.5. The highest BCUT2D eigenvalue weighted by atomic mass is 16.5. The molecule has 1 aromatic carbocycles. The van der Waals surface area contributed by atoms with Crippen LogP contribution in [0.3, 0.4) is 0 Å². The molecule has 0 aliphatic carbocycles. The van der Waals surface area contributed by atoms with E-state index in [0.29, 0.717) is 19.7 Å². The lowest BCUT2D eigenvalue weighted by Gasteiger charge is -2.31. The number of hydrogen-bond acceptors (Lipinski definition) is 5. The Balaban J connectivity index is 1.74. The summed E-state index contributed by atoms with van der Waals surface area (Å²) in [4.78, 5) is 25.8. The Morgan fingerprint density at radius 3 is 2.67 bits per heavy atom. The Hall–Kier alpha value is -2.83. The SMILES string of the molecule is CCOc1ccc(NC(=O)N2CCc3nc(C)nc(N(C)CC)c3C2)cc1. The molecular weight excluding hydrogens is 342 g/mol. The molecule has 0 saturated heterocycles. The van der Waals surface area contributed by atoms with Crippen molar-refractivity contribution in [1.82, 2.24) is 14.9 Å². The van der Waals surface area contributed by atoms with E-state index in [4.69, 9.17) is 4.74 Å². The summed E-state index contributed by atoms with van der Waals surface area (Å²) in [6.45, 7) is 8.57. The number of aryl methyl sites for hydroxylation is 1. The first kappa shape index (κ1) is 18.9.